The third kappa shape index (κ3) is 53.0. The van der Waals surface area contributed by atoms with Crippen LogP contribution in [0.15, 0.2) is 24.3 Å². The van der Waals surface area contributed by atoms with Gasteiger partial charge in [-0.1, -0.05) is 289 Å². The zero-order valence-corrected chi connectivity index (χ0v) is 43.3. The van der Waals surface area contributed by atoms with Gasteiger partial charge in [-0.25, -0.2) is 0 Å². The molecule has 0 amide bonds. The molecule has 0 aromatic rings. The molecule has 0 aliphatic rings. The fourth-order valence-corrected chi connectivity index (χ4v) is 8.88. The first-order valence-corrected chi connectivity index (χ1v) is 28.9. The van der Waals surface area contributed by atoms with Crippen molar-refractivity contribution in [1.29, 1.82) is 0 Å². The van der Waals surface area contributed by atoms with E-state index in [4.69, 9.17) is 9.47 Å². The van der Waals surface area contributed by atoms with Gasteiger partial charge in [0.25, 0.3) is 0 Å². The number of allylic oxidation sites excluding steroid dienone is 4. The number of hydrogen-bond acceptors (Lipinski definition) is 5. The number of esters is 2. The van der Waals surface area contributed by atoms with Crippen molar-refractivity contribution in [3.05, 3.63) is 24.3 Å². The van der Waals surface area contributed by atoms with Crippen molar-refractivity contribution in [2.24, 2.45) is 0 Å². The highest BCUT2D eigenvalue weighted by Gasteiger charge is 2.16. The van der Waals surface area contributed by atoms with Gasteiger partial charge in [-0.15, -0.1) is 0 Å². The summed E-state index contributed by atoms with van der Waals surface area (Å²) in [6, 6.07) is 0. The molecule has 0 aliphatic carbocycles. The van der Waals surface area contributed by atoms with E-state index in [1.54, 1.807) is 0 Å². The van der Waals surface area contributed by atoms with E-state index in [9.17, 15) is 14.7 Å². The Labute approximate surface area is 400 Å². The molecule has 5 heteroatoms. The predicted octanol–water partition coefficient (Wildman–Crippen LogP) is 19.3. The molecule has 0 aromatic carbocycles. The van der Waals surface area contributed by atoms with Crippen molar-refractivity contribution in [2.75, 3.05) is 13.2 Å². The molecular weight excluding hydrogens is 789 g/mol. The van der Waals surface area contributed by atoms with Crippen molar-refractivity contribution in [3.63, 3.8) is 0 Å². The number of rotatable bonds is 54. The van der Waals surface area contributed by atoms with E-state index in [-0.39, 0.29) is 25.2 Å². The zero-order chi connectivity index (χ0) is 46.3. The summed E-state index contributed by atoms with van der Waals surface area (Å²) in [5.41, 5.74) is 0. The smallest absolute Gasteiger partial charge is 0.306 e. The molecule has 0 bridgehead atoms. The van der Waals surface area contributed by atoms with Crippen LogP contribution in [0.25, 0.3) is 0 Å². The molecule has 0 fully saturated rings. The van der Waals surface area contributed by atoms with Crippen molar-refractivity contribution in [3.8, 4) is 0 Å². The Hall–Kier alpha value is -1.62. The Balaban J connectivity index is 3.38. The lowest BCUT2D eigenvalue weighted by Gasteiger charge is -2.15. The lowest BCUT2D eigenvalue weighted by molar-refractivity contribution is -0.161. The standard InChI is InChI=1S/C59H112O5/c1-3-5-7-9-11-13-15-17-19-20-21-22-23-24-25-26-27-28-29-30-31-32-33-34-35-36-37-38-40-42-44-46-48-50-52-54-59(62)64-57(55-60)56-63-58(61)53-51-49-47-45-43-41-39-18-16-14-12-10-8-6-4-2/h15,17,20-21,57,60H,3-14,16,18-19,22-56H2,1-2H3/b17-15-,21-20-. The van der Waals surface area contributed by atoms with Crippen molar-refractivity contribution in [1.82, 2.24) is 0 Å². The summed E-state index contributed by atoms with van der Waals surface area (Å²) in [5.74, 6) is -0.570. The van der Waals surface area contributed by atoms with Crippen LogP contribution in [0.4, 0.5) is 0 Å². The van der Waals surface area contributed by atoms with Gasteiger partial charge in [-0.3, -0.25) is 9.59 Å². The minimum Gasteiger partial charge on any atom is -0.462 e. The number of aliphatic hydroxyl groups excluding tert-OH is 1. The molecule has 378 valence electrons. The van der Waals surface area contributed by atoms with Gasteiger partial charge in [-0.05, 0) is 44.9 Å². The minimum absolute atomic E-state index is 0.0580. The summed E-state index contributed by atoms with van der Waals surface area (Å²) in [5, 5.41) is 9.63. The normalized spacial score (nSPS) is 12.2. The van der Waals surface area contributed by atoms with E-state index in [2.05, 4.69) is 38.2 Å². The quantitative estimate of drug-likeness (QED) is 0.0374. The first-order valence-electron chi connectivity index (χ1n) is 28.9. The summed E-state index contributed by atoms with van der Waals surface area (Å²) >= 11 is 0. The monoisotopic (exact) mass is 901 g/mol. The summed E-state index contributed by atoms with van der Waals surface area (Å²) < 4.78 is 10.7. The molecule has 0 saturated heterocycles. The second kappa shape index (κ2) is 55.7. The van der Waals surface area contributed by atoms with Crippen molar-refractivity contribution in [2.45, 2.75) is 328 Å². The third-order valence-electron chi connectivity index (χ3n) is 13.2. The highest BCUT2D eigenvalue weighted by atomic mass is 16.6. The molecule has 0 heterocycles. The maximum atomic E-state index is 12.3. The number of aliphatic hydroxyl groups is 1. The third-order valence-corrected chi connectivity index (χ3v) is 13.2. The molecule has 1 N–H and O–H groups in total. The maximum Gasteiger partial charge on any atom is 0.306 e. The molecular formula is C59H112O5. The van der Waals surface area contributed by atoms with E-state index < -0.39 is 6.10 Å². The second-order valence-electron chi connectivity index (χ2n) is 19.7. The van der Waals surface area contributed by atoms with Crippen LogP contribution in [-0.2, 0) is 19.1 Å². The topological polar surface area (TPSA) is 72.8 Å². The van der Waals surface area contributed by atoms with E-state index in [1.165, 1.54) is 257 Å². The molecule has 0 spiro atoms. The first kappa shape index (κ1) is 62.4. The number of ether oxygens (including phenoxy) is 2. The van der Waals surface area contributed by atoms with Gasteiger partial charge in [-0.2, -0.15) is 0 Å². The van der Waals surface area contributed by atoms with Crippen LogP contribution in [-0.4, -0.2) is 36.4 Å². The highest BCUT2D eigenvalue weighted by molar-refractivity contribution is 5.70. The van der Waals surface area contributed by atoms with Gasteiger partial charge in [0.15, 0.2) is 6.10 Å². The zero-order valence-electron chi connectivity index (χ0n) is 43.3. The van der Waals surface area contributed by atoms with Crippen LogP contribution in [0.5, 0.6) is 0 Å². The van der Waals surface area contributed by atoms with Gasteiger partial charge in [0.2, 0.25) is 0 Å². The maximum absolute atomic E-state index is 12.3. The van der Waals surface area contributed by atoms with E-state index in [0.717, 1.165) is 38.5 Å². The van der Waals surface area contributed by atoms with Crippen LogP contribution in [0.3, 0.4) is 0 Å². The molecule has 0 saturated carbocycles. The van der Waals surface area contributed by atoms with Gasteiger partial charge in [0.05, 0.1) is 6.61 Å². The molecule has 1 unspecified atom stereocenters. The average molecular weight is 902 g/mol. The summed E-state index contributed by atoms with van der Waals surface area (Å²) in [6.07, 6.45) is 70.3. The van der Waals surface area contributed by atoms with Crippen LogP contribution in [0.1, 0.15) is 322 Å². The van der Waals surface area contributed by atoms with E-state index in [0.29, 0.717) is 12.8 Å². The molecule has 0 rings (SSSR count). The van der Waals surface area contributed by atoms with E-state index in [1.807, 2.05) is 0 Å². The number of carbonyl (C=O) groups is 2. The lowest BCUT2D eigenvalue weighted by Crippen LogP contribution is -2.28. The minimum atomic E-state index is -0.765. The molecule has 0 radical (unpaired) electrons. The van der Waals surface area contributed by atoms with Gasteiger partial charge in [0.1, 0.15) is 6.61 Å². The van der Waals surface area contributed by atoms with Crippen LogP contribution < -0.4 is 0 Å². The molecule has 5 nitrogen and oxygen atoms in total. The Bertz CT molecular complexity index is 974. The average Bonchev–Trinajstić information content (AvgIpc) is 3.30. The van der Waals surface area contributed by atoms with Gasteiger partial charge >= 0.3 is 11.9 Å². The van der Waals surface area contributed by atoms with Crippen LogP contribution in [0, 0.1) is 0 Å². The molecule has 64 heavy (non-hydrogen) atoms. The van der Waals surface area contributed by atoms with Crippen LogP contribution >= 0.6 is 0 Å². The molecule has 0 aromatic heterocycles. The predicted molar refractivity (Wildman–Crippen MR) is 279 cm³/mol. The largest absolute Gasteiger partial charge is 0.462 e. The first-order chi connectivity index (χ1) is 31.6. The van der Waals surface area contributed by atoms with Crippen molar-refractivity contribution >= 4 is 11.9 Å². The number of carbonyl (C=O) groups excluding carboxylic acids is 2. The highest BCUT2D eigenvalue weighted by Crippen LogP contribution is 2.18. The van der Waals surface area contributed by atoms with E-state index >= 15 is 0 Å². The molecule has 0 aliphatic heterocycles. The Morgan fingerprint density at radius 2 is 0.625 bits per heavy atom. The SMILES string of the molecule is CCCCCCC/C=C\C/C=C\CCCCCCCCCCCCCCCCCCCCCCCCCC(=O)OC(CO)COC(=O)CCCCCCCCCCCCCCCCC. The number of hydrogen-bond donors (Lipinski definition) is 1. The van der Waals surface area contributed by atoms with Gasteiger partial charge in [0, 0.05) is 12.8 Å². The Morgan fingerprint density at radius 3 is 0.922 bits per heavy atom. The summed E-state index contributed by atoms with van der Waals surface area (Å²) in [7, 11) is 0. The van der Waals surface area contributed by atoms with Crippen LogP contribution in [0.2, 0.25) is 0 Å². The Morgan fingerprint density at radius 1 is 0.359 bits per heavy atom. The number of unbranched alkanes of at least 4 members (excludes halogenated alkanes) is 42. The fraction of sp³-hybridized carbons (Fsp3) is 0.898. The van der Waals surface area contributed by atoms with Crippen molar-refractivity contribution < 1.29 is 24.2 Å². The Kier molecular flexibility index (Phi) is 54.3. The van der Waals surface area contributed by atoms with Gasteiger partial charge < -0.3 is 14.6 Å². The fourth-order valence-electron chi connectivity index (χ4n) is 8.88. The summed E-state index contributed by atoms with van der Waals surface area (Å²) in [6.45, 7) is 4.17. The lowest BCUT2D eigenvalue weighted by atomic mass is 10.0. The summed E-state index contributed by atoms with van der Waals surface area (Å²) in [4.78, 5) is 24.5. The molecule has 1 atom stereocenters. The second-order valence-corrected chi connectivity index (χ2v) is 19.7.